The maximum absolute atomic E-state index is 12.0. The van der Waals surface area contributed by atoms with Crippen molar-refractivity contribution in [3.8, 4) is 5.75 Å². The SMILES string of the molecule is COc1ccc(Cl)cc1CC(=O)NCCN1CCOCC1. The van der Waals surface area contributed by atoms with Crippen molar-refractivity contribution in [1.29, 1.82) is 0 Å². The largest absolute Gasteiger partial charge is 0.496 e. The molecule has 116 valence electrons. The Bertz CT molecular complexity index is 476. The summed E-state index contributed by atoms with van der Waals surface area (Å²) < 4.78 is 10.5. The molecule has 1 aromatic rings. The number of carbonyl (C=O) groups excluding carboxylic acids is 1. The van der Waals surface area contributed by atoms with Crippen LogP contribution in [0.2, 0.25) is 5.02 Å². The number of hydrogen-bond acceptors (Lipinski definition) is 4. The van der Waals surface area contributed by atoms with E-state index < -0.39 is 0 Å². The second-order valence-electron chi connectivity index (χ2n) is 4.94. The van der Waals surface area contributed by atoms with Gasteiger partial charge in [-0.05, 0) is 18.2 Å². The highest BCUT2D eigenvalue weighted by molar-refractivity contribution is 6.30. The fraction of sp³-hybridized carbons (Fsp3) is 0.533. The van der Waals surface area contributed by atoms with E-state index in [1.807, 2.05) is 0 Å². The van der Waals surface area contributed by atoms with Crippen molar-refractivity contribution in [2.24, 2.45) is 0 Å². The molecule has 1 saturated heterocycles. The fourth-order valence-electron chi connectivity index (χ4n) is 2.30. The predicted molar refractivity (Wildman–Crippen MR) is 82.0 cm³/mol. The van der Waals surface area contributed by atoms with Gasteiger partial charge in [0.05, 0.1) is 26.7 Å². The van der Waals surface area contributed by atoms with E-state index in [4.69, 9.17) is 21.1 Å². The first-order chi connectivity index (χ1) is 10.2. The molecule has 1 aliphatic rings. The van der Waals surface area contributed by atoms with Gasteiger partial charge in [-0.25, -0.2) is 0 Å². The van der Waals surface area contributed by atoms with E-state index in [0.717, 1.165) is 38.4 Å². The Kier molecular flexibility index (Phi) is 6.29. The van der Waals surface area contributed by atoms with Gasteiger partial charge in [0.25, 0.3) is 0 Å². The topological polar surface area (TPSA) is 50.8 Å². The summed E-state index contributed by atoms with van der Waals surface area (Å²) >= 11 is 5.96. The molecule has 6 heteroatoms. The molecule has 1 N–H and O–H groups in total. The first-order valence-corrected chi connectivity index (χ1v) is 7.46. The lowest BCUT2D eigenvalue weighted by Gasteiger charge is -2.26. The Morgan fingerprint density at radius 2 is 2.19 bits per heavy atom. The number of morpholine rings is 1. The van der Waals surface area contributed by atoms with Gasteiger partial charge in [-0.3, -0.25) is 9.69 Å². The molecule has 2 rings (SSSR count). The first kappa shape index (κ1) is 16.1. The zero-order valence-corrected chi connectivity index (χ0v) is 13.0. The zero-order chi connectivity index (χ0) is 15.1. The van der Waals surface area contributed by atoms with Gasteiger partial charge in [0, 0.05) is 36.8 Å². The van der Waals surface area contributed by atoms with Gasteiger partial charge < -0.3 is 14.8 Å². The minimum Gasteiger partial charge on any atom is -0.496 e. The standard InChI is InChI=1S/C15H21ClN2O3/c1-20-14-3-2-13(16)10-12(14)11-15(19)17-4-5-18-6-8-21-9-7-18/h2-3,10H,4-9,11H2,1H3,(H,17,19). The highest BCUT2D eigenvalue weighted by Gasteiger charge is 2.12. The summed E-state index contributed by atoms with van der Waals surface area (Å²) in [5.74, 6) is 0.659. The van der Waals surface area contributed by atoms with Gasteiger partial charge >= 0.3 is 0 Å². The number of carbonyl (C=O) groups is 1. The molecule has 1 aliphatic heterocycles. The van der Waals surface area contributed by atoms with Crippen LogP contribution in [0.5, 0.6) is 5.75 Å². The normalized spacial score (nSPS) is 15.7. The molecule has 0 spiro atoms. The predicted octanol–water partition coefficient (Wildman–Crippen LogP) is 1.34. The minimum atomic E-state index is -0.0242. The second kappa shape index (κ2) is 8.22. The molecule has 5 nitrogen and oxygen atoms in total. The quantitative estimate of drug-likeness (QED) is 0.861. The van der Waals surface area contributed by atoms with Crippen LogP contribution in [0.4, 0.5) is 0 Å². The van der Waals surface area contributed by atoms with Crippen molar-refractivity contribution in [3.63, 3.8) is 0 Å². The third kappa shape index (κ3) is 5.19. The summed E-state index contributed by atoms with van der Waals surface area (Å²) in [5.41, 5.74) is 0.800. The zero-order valence-electron chi connectivity index (χ0n) is 12.2. The molecule has 21 heavy (non-hydrogen) atoms. The van der Waals surface area contributed by atoms with Crippen LogP contribution in [-0.2, 0) is 16.0 Å². The van der Waals surface area contributed by atoms with Crippen molar-refractivity contribution >= 4 is 17.5 Å². The summed E-state index contributed by atoms with van der Waals surface area (Å²) in [5, 5.41) is 3.53. The van der Waals surface area contributed by atoms with Crippen LogP contribution in [0.1, 0.15) is 5.56 Å². The van der Waals surface area contributed by atoms with Crippen LogP contribution in [0, 0.1) is 0 Å². The average Bonchev–Trinajstić information content (AvgIpc) is 2.48. The molecule has 1 aromatic carbocycles. The van der Waals surface area contributed by atoms with E-state index >= 15 is 0 Å². The van der Waals surface area contributed by atoms with Crippen LogP contribution in [-0.4, -0.2) is 57.3 Å². The van der Waals surface area contributed by atoms with Crippen LogP contribution in [0.25, 0.3) is 0 Å². The number of hydrogen-bond donors (Lipinski definition) is 1. The highest BCUT2D eigenvalue weighted by atomic mass is 35.5. The van der Waals surface area contributed by atoms with E-state index in [0.29, 0.717) is 17.3 Å². The van der Waals surface area contributed by atoms with Gasteiger partial charge in [-0.1, -0.05) is 11.6 Å². The molecule has 0 unspecified atom stereocenters. The van der Waals surface area contributed by atoms with Crippen molar-refractivity contribution in [3.05, 3.63) is 28.8 Å². The number of methoxy groups -OCH3 is 1. The highest BCUT2D eigenvalue weighted by Crippen LogP contribution is 2.22. The number of rotatable bonds is 6. The Hall–Kier alpha value is -1.30. The van der Waals surface area contributed by atoms with Gasteiger partial charge in [0.2, 0.25) is 5.91 Å². The lowest BCUT2D eigenvalue weighted by Crippen LogP contribution is -2.41. The number of ether oxygens (including phenoxy) is 2. The van der Waals surface area contributed by atoms with Crippen molar-refractivity contribution in [2.75, 3.05) is 46.5 Å². The van der Waals surface area contributed by atoms with E-state index in [1.54, 1.807) is 25.3 Å². The van der Waals surface area contributed by atoms with E-state index in [1.165, 1.54) is 0 Å². The fourth-order valence-corrected chi connectivity index (χ4v) is 2.49. The van der Waals surface area contributed by atoms with Crippen molar-refractivity contribution < 1.29 is 14.3 Å². The molecule has 0 radical (unpaired) electrons. The number of nitrogens with one attached hydrogen (secondary N) is 1. The molecular formula is C15H21ClN2O3. The minimum absolute atomic E-state index is 0.0242. The average molecular weight is 313 g/mol. The molecule has 0 bridgehead atoms. The second-order valence-corrected chi connectivity index (χ2v) is 5.37. The third-order valence-electron chi connectivity index (χ3n) is 3.45. The smallest absolute Gasteiger partial charge is 0.224 e. The van der Waals surface area contributed by atoms with Crippen molar-refractivity contribution in [1.82, 2.24) is 10.2 Å². The lowest BCUT2D eigenvalue weighted by molar-refractivity contribution is -0.120. The maximum Gasteiger partial charge on any atom is 0.224 e. The molecule has 0 aliphatic carbocycles. The van der Waals surface area contributed by atoms with Crippen LogP contribution in [0.15, 0.2) is 18.2 Å². The molecule has 1 amide bonds. The van der Waals surface area contributed by atoms with Gasteiger partial charge in [0.1, 0.15) is 5.75 Å². The molecule has 0 aromatic heterocycles. The number of benzene rings is 1. The Morgan fingerprint density at radius 3 is 2.90 bits per heavy atom. The molecule has 0 saturated carbocycles. The van der Waals surface area contributed by atoms with Gasteiger partial charge in [-0.15, -0.1) is 0 Å². The number of halogens is 1. The van der Waals surface area contributed by atoms with Crippen LogP contribution < -0.4 is 10.1 Å². The van der Waals surface area contributed by atoms with Gasteiger partial charge in [0.15, 0.2) is 0 Å². The Balaban J connectivity index is 1.77. The lowest BCUT2D eigenvalue weighted by atomic mass is 10.1. The monoisotopic (exact) mass is 312 g/mol. The van der Waals surface area contributed by atoms with Crippen molar-refractivity contribution in [2.45, 2.75) is 6.42 Å². The summed E-state index contributed by atoms with van der Waals surface area (Å²) in [6.07, 6.45) is 0.271. The van der Waals surface area contributed by atoms with Crippen LogP contribution >= 0.6 is 11.6 Å². The van der Waals surface area contributed by atoms with Gasteiger partial charge in [-0.2, -0.15) is 0 Å². The summed E-state index contributed by atoms with van der Waals surface area (Å²) in [4.78, 5) is 14.3. The molecule has 0 atom stereocenters. The number of nitrogens with zero attached hydrogens (tertiary/aromatic N) is 1. The van der Waals surface area contributed by atoms with E-state index in [2.05, 4.69) is 10.2 Å². The summed E-state index contributed by atoms with van der Waals surface area (Å²) in [6.45, 7) is 4.89. The Labute approximate surface area is 130 Å². The third-order valence-corrected chi connectivity index (χ3v) is 3.68. The van der Waals surface area contributed by atoms with E-state index in [9.17, 15) is 4.79 Å². The number of amides is 1. The first-order valence-electron chi connectivity index (χ1n) is 7.08. The Morgan fingerprint density at radius 1 is 1.43 bits per heavy atom. The summed E-state index contributed by atoms with van der Waals surface area (Å²) in [7, 11) is 1.59. The molecule has 1 fully saturated rings. The molecular weight excluding hydrogens is 292 g/mol. The maximum atomic E-state index is 12.0. The van der Waals surface area contributed by atoms with E-state index in [-0.39, 0.29) is 12.3 Å². The van der Waals surface area contributed by atoms with Crippen LogP contribution in [0.3, 0.4) is 0 Å². The summed E-state index contributed by atoms with van der Waals surface area (Å²) in [6, 6.07) is 5.29. The molecule has 1 heterocycles.